The SMILES string of the molecule is Cc1cc(F)ccc1C/C=C/CCNC(C)(C)C. The number of allylic oxidation sites excluding steroid dienone is 1. The van der Waals surface area contributed by atoms with Gasteiger partial charge in [-0.2, -0.15) is 0 Å². The number of benzene rings is 1. The molecule has 1 rings (SSSR count). The van der Waals surface area contributed by atoms with Crippen molar-refractivity contribution in [2.75, 3.05) is 6.54 Å². The van der Waals surface area contributed by atoms with Gasteiger partial charge in [0, 0.05) is 5.54 Å². The van der Waals surface area contributed by atoms with Crippen LogP contribution < -0.4 is 5.32 Å². The van der Waals surface area contributed by atoms with E-state index in [4.69, 9.17) is 0 Å². The Kier molecular flexibility index (Phi) is 5.54. The third-order valence-electron chi connectivity index (χ3n) is 2.78. The fraction of sp³-hybridized carbons (Fsp3) is 0.500. The van der Waals surface area contributed by atoms with Gasteiger partial charge in [-0.25, -0.2) is 4.39 Å². The second kappa shape index (κ2) is 6.69. The molecule has 0 spiro atoms. The molecule has 0 aliphatic carbocycles. The molecule has 1 nitrogen and oxygen atoms in total. The Bertz CT molecular complexity index is 402. The fourth-order valence-corrected chi connectivity index (χ4v) is 1.75. The van der Waals surface area contributed by atoms with Crippen molar-refractivity contribution < 1.29 is 4.39 Å². The van der Waals surface area contributed by atoms with Gasteiger partial charge >= 0.3 is 0 Å². The number of hydrogen-bond acceptors (Lipinski definition) is 1. The molecule has 0 saturated carbocycles. The van der Waals surface area contributed by atoms with E-state index in [0.29, 0.717) is 0 Å². The molecule has 0 aliphatic rings. The van der Waals surface area contributed by atoms with Crippen LogP contribution in [0, 0.1) is 12.7 Å². The van der Waals surface area contributed by atoms with Gasteiger partial charge < -0.3 is 5.32 Å². The molecule has 0 heterocycles. The molecule has 1 aromatic rings. The van der Waals surface area contributed by atoms with Crippen LogP contribution in [-0.4, -0.2) is 12.1 Å². The Hall–Kier alpha value is -1.15. The first-order chi connectivity index (χ1) is 8.38. The molecule has 0 aliphatic heterocycles. The smallest absolute Gasteiger partial charge is 0.123 e. The van der Waals surface area contributed by atoms with Crippen LogP contribution in [0.1, 0.15) is 38.3 Å². The van der Waals surface area contributed by atoms with Crippen LogP contribution in [0.25, 0.3) is 0 Å². The largest absolute Gasteiger partial charge is 0.312 e. The van der Waals surface area contributed by atoms with E-state index in [1.807, 2.05) is 13.0 Å². The van der Waals surface area contributed by atoms with Crippen LogP contribution in [-0.2, 0) is 6.42 Å². The second-order valence-electron chi connectivity index (χ2n) is 5.71. The fourth-order valence-electron chi connectivity index (χ4n) is 1.75. The summed E-state index contributed by atoms with van der Waals surface area (Å²) in [5, 5.41) is 3.44. The molecule has 1 aromatic carbocycles. The molecule has 0 saturated heterocycles. The van der Waals surface area contributed by atoms with Crippen LogP contribution in [0.3, 0.4) is 0 Å². The number of rotatable bonds is 5. The van der Waals surface area contributed by atoms with Crippen LogP contribution in [0.4, 0.5) is 4.39 Å². The molecule has 0 fully saturated rings. The molecule has 0 atom stereocenters. The van der Waals surface area contributed by atoms with Gasteiger partial charge in [0.25, 0.3) is 0 Å². The van der Waals surface area contributed by atoms with E-state index in [-0.39, 0.29) is 11.4 Å². The molecule has 1 N–H and O–H groups in total. The van der Waals surface area contributed by atoms with Gasteiger partial charge in [-0.3, -0.25) is 0 Å². The molecule has 100 valence electrons. The first kappa shape index (κ1) is 14.9. The van der Waals surface area contributed by atoms with Crippen molar-refractivity contribution >= 4 is 0 Å². The first-order valence-corrected chi connectivity index (χ1v) is 6.53. The summed E-state index contributed by atoms with van der Waals surface area (Å²) in [6.07, 6.45) is 6.24. The highest BCUT2D eigenvalue weighted by Gasteiger charge is 2.06. The van der Waals surface area contributed by atoms with E-state index in [1.165, 1.54) is 11.6 Å². The lowest BCUT2D eigenvalue weighted by Crippen LogP contribution is -2.36. The van der Waals surface area contributed by atoms with Gasteiger partial charge in [0.05, 0.1) is 0 Å². The third-order valence-corrected chi connectivity index (χ3v) is 2.78. The Balaban J connectivity index is 2.32. The van der Waals surface area contributed by atoms with Crippen molar-refractivity contribution in [2.45, 2.75) is 46.1 Å². The monoisotopic (exact) mass is 249 g/mol. The number of hydrogen-bond donors (Lipinski definition) is 1. The summed E-state index contributed by atoms with van der Waals surface area (Å²) >= 11 is 0. The second-order valence-corrected chi connectivity index (χ2v) is 5.71. The molecule has 2 heteroatoms. The lowest BCUT2D eigenvalue weighted by molar-refractivity contribution is 0.431. The first-order valence-electron chi connectivity index (χ1n) is 6.53. The molecular formula is C16H24FN. The summed E-state index contributed by atoms with van der Waals surface area (Å²) in [5.41, 5.74) is 2.39. The zero-order valence-corrected chi connectivity index (χ0v) is 11.9. The maximum atomic E-state index is 12.9. The zero-order valence-electron chi connectivity index (χ0n) is 11.9. The van der Waals surface area contributed by atoms with Crippen molar-refractivity contribution in [3.05, 3.63) is 47.3 Å². The number of halogens is 1. The molecule has 18 heavy (non-hydrogen) atoms. The van der Waals surface area contributed by atoms with Crippen LogP contribution in [0.15, 0.2) is 30.4 Å². The van der Waals surface area contributed by atoms with E-state index in [9.17, 15) is 4.39 Å². The van der Waals surface area contributed by atoms with Crippen molar-refractivity contribution in [2.24, 2.45) is 0 Å². The highest BCUT2D eigenvalue weighted by Crippen LogP contribution is 2.11. The van der Waals surface area contributed by atoms with Gasteiger partial charge in [-0.1, -0.05) is 18.2 Å². The topological polar surface area (TPSA) is 12.0 Å². The third kappa shape index (κ3) is 5.97. The zero-order chi connectivity index (χ0) is 13.6. The molecule has 0 amide bonds. The molecule has 0 aromatic heterocycles. The standard InChI is InChI=1S/C16H24FN/c1-13-12-15(17)10-9-14(13)8-6-5-7-11-18-16(2,3)4/h5-6,9-10,12,18H,7-8,11H2,1-4H3/b6-5+. The molecule has 0 unspecified atom stereocenters. The average Bonchev–Trinajstić information content (AvgIpc) is 2.24. The Morgan fingerprint density at radius 2 is 1.94 bits per heavy atom. The van der Waals surface area contributed by atoms with E-state index >= 15 is 0 Å². The minimum atomic E-state index is -0.158. The van der Waals surface area contributed by atoms with Crippen LogP contribution in [0.5, 0.6) is 0 Å². The van der Waals surface area contributed by atoms with E-state index in [1.54, 1.807) is 6.07 Å². The number of aryl methyl sites for hydroxylation is 1. The van der Waals surface area contributed by atoms with Gasteiger partial charge in [-0.15, -0.1) is 0 Å². The Morgan fingerprint density at radius 3 is 2.56 bits per heavy atom. The normalized spacial score (nSPS) is 12.3. The van der Waals surface area contributed by atoms with Gasteiger partial charge in [0.15, 0.2) is 0 Å². The predicted octanol–water partition coefficient (Wildman–Crippen LogP) is 4.01. The highest BCUT2D eigenvalue weighted by atomic mass is 19.1. The molecule has 0 radical (unpaired) electrons. The Morgan fingerprint density at radius 1 is 1.22 bits per heavy atom. The molecular weight excluding hydrogens is 225 g/mol. The van der Waals surface area contributed by atoms with Crippen molar-refractivity contribution in [3.8, 4) is 0 Å². The highest BCUT2D eigenvalue weighted by molar-refractivity contribution is 5.28. The van der Waals surface area contributed by atoms with Crippen molar-refractivity contribution in [3.63, 3.8) is 0 Å². The summed E-state index contributed by atoms with van der Waals surface area (Å²) in [7, 11) is 0. The summed E-state index contributed by atoms with van der Waals surface area (Å²) < 4.78 is 12.9. The minimum Gasteiger partial charge on any atom is -0.312 e. The van der Waals surface area contributed by atoms with Gasteiger partial charge in [0.2, 0.25) is 0 Å². The van der Waals surface area contributed by atoms with Crippen LogP contribution >= 0.6 is 0 Å². The lowest BCUT2D eigenvalue weighted by atomic mass is 10.1. The lowest BCUT2D eigenvalue weighted by Gasteiger charge is -2.19. The molecule has 0 bridgehead atoms. The summed E-state index contributed by atoms with van der Waals surface area (Å²) in [6, 6.07) is 4.98. The van der Waals surface area contributed by atoms with Crippen molar-refractivity contribution in [1.82, 2.24) is 5.32 Å². The minimum absolute atomic E-state index is 0.158. The van der Waals surface area contributed by atoms with Gasteiger partial charge in [0.1, 0.15) is 5.82 Å². The average molecular weight is 249 g/mol. The number of nitrogens with one attached hydrogen (secondary N) is 1. The van der Waals surface area contributed by atoms with E-state index in [2.05, 4.69) is 38.2 Å². The van der Waals surface area contributed by atoms with Crippen molar-refractivity contribution in [1.29, 1.82) is 0 Å². The summed E-state index contributed by atoms with van der Waals surface area (Å²) in [6.45, 7) is 9.44. The predicted molar refractivity (Wildman–Crippen MR) is 76.4 cm³/mol. The summed E-state index contributed by atoms with van der Waals surface area (Å²) in [5.74, 6) is -0.158. The van der Waals surface area contributed by atoms with Crippen LogP contribution in [0.2, 0.25) is 0 Å². The van der Waals surface area contributed by atoms with E-state index < -0.39 is 0 Å². The quantitative estimate of drug-likeness (QED) is 0.614. The van der Waals surface area contributed by atoms with Gasteiger partial charge in [-0.05, 0) is 70.3 Å². The maximum Gasteiger partial charge on any atom is 0.123 e. The Labute approximate surface area is 110 Å². The van der Waals surface area contributed by atoms with E-state index in [0.717, 1.165) is 24.9 Å². The maximum absolute atomic E-state index is 12.9. The summed E-state index contributed by atoms with van der Waals surface area (Å²) in [4.78, 5) is 0.